The number of H-pyrrole nitrogens is 1. The van der Waals surface area contributed by atoms with Crippen LogP contribution in [-0.4, -0.2) is 34.8 Å². The first-order valence-electron chi connectivity index (χ1n) is 9.57. The van der Waals surface area contributed by atoms with Crippen LogP contribution in [0, 0.1) is 17.8 Å². The Morgan fingerprint density at radius 1 is 1.11 bits per heavy atom. The van der Waals surface area contributed by atoms with Crippen LogP contribution in [0.25, 0.3) is 10.9 Å². The third kappa shape index (κ3) is 5.92. The predicted octanol–water partition coefficient (Wildman–Crippen LogP) is 2.59. The Labute approximate surface area is 164 Å². The Morgan fingerprint density at radius 3 is 2.43 bits per heavy atom. The summed E-state index contributed by atoms with van der Waals surface area (Å²) < 4.78 is 0. The molecule has 0 radical (unpaired) electrons. The van der Waals surface area contributed by atoms with Gasteiger partial charge < -0.3 is 10.3 Å². The molecule has 2 unspecified atom stereocenters. The molecule has 4 N–H and O–H groups in total. The molecule has 2 atom stereocenters. The number of nitrogens with one attached hydrogen (secondary N) is 3. The lowest BCUT2D eigenvalue weighted by Gasteiger charge is -2.20. The fourth-order valence-corrected chi connectivity index (χ4v) is 3.55. The first kappa shape index (κ1) is 21.6. The van der Waals surface area contributed by atoms with E-state index in [1.165, 1.54) is 0 Å². The van der Waals surface area contributed by atoms with Crippen LogP contribution < -0.4 is 10.8 Å². The van der Waals surface area contributed by atoms with Gasteiger partial charge in [0.2, 0.25) is 11.8 Å². The second-order valence-electron chi connectivity index (χ2n) is 7.63. The minimum Gasteiger partial charge on any atom is -0.359 e. The number of para-hydroxylation sites is 1. The predicted molar refractivity (Wildman–Crippen MR) is 107 cm³/mol. The van der Waals surface area contributed by atoms with Gasteiger partial charge in [0.25, 0.3) is 0 Å². The van der Waals surface area contributed by atoms with Gasteiger partial charge in [-0.3, -0.25) is 19.6 Å². The number of hydrogen-bond acceptors (Lipinski definition) is 4. The number of Topliss-reactive ketones (excluding diaryl/α,β-unsaturated/α-hetero) is 1. The summed E-state index contributed by atoms with van der Waals surface area (Å²) >= 11 is 0. The Morgan fingerprint density at radius 2 is 1.82 bits per heavy atom. The van der Waals surface area contributed by atoms with Crippen LogP contribution in [0.5, 0.6) is 0 Å². The van der Waals surface area contributed by atoms with Crippen molar-refractivity contribution in [2.24, 2.45) is 17.8 Å². The van der Waals surface area contributed by atoms with Gasteiger partial charge in [0.1, 0.15) is 5.78 Å². The molecule has 2 rings (SSSR count). The number of hydrogen-bond donors (Lipinski definition) is 4. The first-order valence-corrected chi connectivity index (χ1v) is 9.57. The monoisotopic (exact) mass is 387 g/mol. The number of benzene rings is 1. The number of carbonyl (C=O) groups is 3. The molecule has 0 bridgehead atoms. The van der Waals surface area contributed by atoms with Gasteiger partial charge in [-0.2, -0.15) is 0 Å². The highest BCUT2D eigenvalue weighted by molar-refractivity contribution is 5.91. The number of aromatic amines is 1. The topological polar surface area (TPSA) is 111 Å². The van der Waals surface area contributed by atoms with E-state index in [0.29, 0.717) is 12.8 Å². The first-order chi connectivity index (χ1) is 13.3. The zero-order valence-electron chi connectivity index (χ0n) is 16.6. The number of ketones is 1. The van der Waals surface area contributed by atoms with Crippen molar-refractivity contribution in [3.05, 3.63) is 36.0 Å². The Kier molecular flexibility index (Phi) is 7.75. The minimum atomic E-state index is -0.592. The molecule has 7 heteroatoms. The Hall–Kier alpha value is -2.67. The molecule has 0 saturated carbocycles. The second kappa shape index (κ2) is 10.0. The number of fused-ring (bicyclic) bond motifs is 1. The molecule has 28 heavy (non-hydrogen) atoms. The van der Waals surface area contributed by atoms with E-state index in [2.05, 4.69) is 10.3 Å². The Bertz CT molecular complexity index is 795. The lowest BCUT2D eigenvalue weighted by Crippen LogP contribution is -2.34. The zero-order chi connectivity index (χ0) is 20.7. The van der Waals surface area contributed by atoms with Crippen molar-refractivity contribution in [2.75, 3.05) is 7.05 Å². The van der Waals surface area contributed by atoms with Crippen LogP contribution in [0.2, 0.25) is 0 Å². The lowest BCUT2D eigenvalue weighted by atomic mass is 9.84. The van der Waals surface area contributed by atoms with E-state index in [4.69, 9.17) is 5.21 Å². The number of rotatable bonds is 10. The molecule has 2 aromatic rings. The largest absolute Gasteiger partial charge is 0.359 e. The average molecular weight is 387 g/mol. The normalized spacial score (nSPS) is 13.3. The third-order valence-corrected chi connectivity index (χ3v) is 4.88. The van der Waals surface area contributed by atoms with Crippen molar-refractivity contribution in [1.29, 1.82) is 0 Å². The van der Waals surface area contributed by atoms with Crippen LogP contribution in [0.4, 0.5) is 0 Å². The smallest absolute Gasteiger partial charge is 0.244 e. The van der Waals surface area contributed by atoms with E-state index in [1.807, 2.05) is 44.2 Å². The van der Waals surface area contributed by atoms with Crippen LogP contribution in [-0.2, 0) is 20.8 Å². The number of hydroxylamine groups is 1. The third-order valence-electron chi connectivity index (χ3n) is 4.88. The molecule has 0 spiro atoms. The number of carbonyl (C=O) groups excluding carboxylic acids is 3. The molecular weight excluding hydrogens is 358 g/mol. The van der Waals surface area contributed by atoms with Gasteiger partial charge in [-0.05, 0) is 36.3 Å². The van der Waals surface area contributed by atoms with Crippen molar-refractivity contribution in [2.45, 2.75) is 39.5 Å². The standard InChI is InChI=1S/C21H29N3O4/c1-13(2)8-15(12-20(26)24-28)19(25)11-16(21(27)22-3)10-17-9-14-6-4-5-7-18(14)23-17/h4-7,9,13,15-16,23,28H,8,10-12H2,1-3H3,(H,22,27)(H,24,26). The van der Waals surface area contributed by atoms with Crippen molar-refractivity contribution >= 4 is 28.5 Å². The van der Waals surface area contributed by atoms with Gasteiger partial charge in [0, 0.05) is 37.0 Å². The van der Waals surface area contributed by atoms with Gasteiger partial charge in [0.05, 0.1) is 5.92 Å². The van der Waals surface area contributed by atoms with E-state index >= 15 is 0 Å². The summed E-state index contributed by atoms with van der Waals surface area (Å²) in [6.45, 7) is 3.94. The van der Waals surface area contributed by atoms with Crippen LogP contribution >= 0.6 is 0 Å². The summed E-state index contributed by atoms with van der Waals surface area (Å²) in [5.41, 5.74) is 3.46. The molecule has 2 amide bonds. The number of aromatic nitrogens is 1. The fraction of sp³-hybridized carbons (Fsp3) is 0.476. The SMILES string of the molecule is CNC(=O)C(CC(=O)C(CC(=O)NO)CC(C)C)Cc1cc2ccccc2[nH]1. The van der Waals surface area contributed by atoms with Crippen LogP contribution in [0.15, 0.2) is 30.3 Å². The average Bonchev–Trinajstić information content (AvgIpc) is 3.08. The lowest BCUT2D eigenvalue weighted by molar-refractivity contribution is -0.135. The number of amides is 2. The molecule has 0 aliphatic carbocycles. The van der Waals surface area contributed by atoms with Gasteiger partial charge in [-0.25, -0.2) is 5.48 Å². The maximum atomic E-state index is 12.9. The molecular formula is C21H29N3O4. The van der Waals surface area contributed by atoms with E-state index in [-0.39, 0.29) is 30.4 Å². The highest BCUT2D eigenvalue weighted by Gasteiger charge is 2.28. The van der Waals surface area contributed by atoms with Crippen LogP contribution in [0.3, 0.4) is 0 Å². The summed E-state index contributed by atoms with van der Waals surface area (Å²) in [5.74, 6) is -1.78. The molecule has 0 saturated heterocycles. The summed E-state index contributed by atoms with van der Waals surface area (Å²) in [6, 6.07) is 9.82. The van der Waals surface area contributed by atoms with Gasteiger partial charge >= 0.3 is 0 Å². The highest BCUT2D eigenvalue weighted by Crippen LogP contribution is 2.23. The molecule has 0 fully saturated rings. The summed E-state index contributed by atoms with van der Waals surface area (Å²) in [5, 5.41) is 12.5. The molecule has 7 nitrogen and oxygen atoms in total. The van der Waals surface area contributed by atoms with Gasteiger partial charge in [-0.15, -0.1) is 0 Å². The van der Waals surface area contributed by atoms with Crippen molar-refractivity contribution < 1.29 is 19.6 Å². The molecule has 1 aromatic carbocycles. The molecule has 152 valence electrons. The van der Waals surface area contributed by atoms with Crippen molar-refractivity contribution in [1.82, 2.24) is 15.8 Å². The van der Waals surface area contributed by atoms with E-state index in [1.54, 1.807) is 12.5 Å². The van der Waals surface area contributed by atoms with Crippen LogP contribution in [0.1, 0.15) is 38.8 Å². The summed E-state index contributed by atoms with van der Waals surface area (Å²) in [7, 11) is 1.55. The van der Waals surface area contributed by atoms with E-state index < -0.39 is 17.7 Å². The molecule has 1 aromatic heterocycles. The van der Waals surface area contributed by atoms with E-state index in [0.717, 1.165) is 16.6 Å². The maximum absolute atomic E-state index is 12.9. The quantitative estimate of drug-likeness (QED) is 0.371. The van der Waals surface area contributed by atoms with Gasteiger partial charge in [0.15, 0.2) is 0 Å². The minimum absolute atomic E-state index is 0.0468. The molecule has 0 aliphatic rings. The van der Waals surface area contributed by atoms with Crippen molar-refractivity contribution in [3.8, 4) is 0 Å². The molecule has 1 heterocycles. The van der Waals surface area contributed by atoms with Gasteiger partial charge in [-0.1, -0.05) is 32.0 Å². The Balaban J connectivity index is 2.15. The fourth-order valence-electron chi connectivity index (χ4n) is 3.55. The summed E-state index contributed by atoms with van der Waals surface area (Å²) in [6.07, 6.45) is 0.894. The second-order valence-corrected chi connectivity index (χ2v) is 7.63. The molecule has 0 aliphatic heterocycles. The highest BCUT2D eigenvalue weighted by atomic mass is 16.5. The van der Waals surface area contributed by atoms with Crippen molar-refractivity contribution in [3.63, 3.8) is 0 Å². The maximum Gasteiger partial charge on any atom is 0.244 e. The van der Waals surface area contributed by atoms with E-state index in [9.17, 15) is 14.4 Å². The summed E-state index contributed by atoms with van der Waals surface area (Å²) in [4.78, 5) is 40.1. The zero-order valence-corrected chi connectivity index (χ0v) is 16.6.